The summed E-state index contributed by atoms with van der Waals surface area (Å²) in [5, 5.41) is 0. The van der Waals surface area contributed by atoms with E-state index in [1.807, 2.05) is 17.0 Å². The number of carbonyl (C=O) groups excluding carboxylic acids is 1. The quantitative estimate of drug-likeness (QED) is 0.853. The van der Waals surface area contributed by atoms with Crippen LogP contribution >= 0.6 is 0 Å². The van der Waals surface area contributed by atoms with Gasteiger partial charge in [-0.15, -0.1) is 0 Å². The van der Waals surface area contributed by atoms with Crippen LogP contribution in [0, 0.1) is 6.92 Å². The third-order valence-corrected chi connectivity index (χ3v) is 4.20. The van der Waals surface area contributed by atoms with Crippen LogP contribution in [0.5, 0.6) is 0 Å². The molecule has 0 aliphatic carbocycles. The van der Waals surface area contributed by atoms with Crippen LogP contribution in [-0.2, 0) is 11.2 Å². The molecule has 110 valence electrons. The smallest absolute Gasteiger partial charge is 0.223 e. The van der Waals surface area contributed by atoms with Crippen LogP contribution in [0.25, 0.3) is 0 Å². The topological polar surface area (TPSA) is 33.5 Å². The van der Waals surface area contributed by atoms with Crippen LogP contribution in [0.4, 0.5) is 0 Å². The SMILES string of the molecule is Cc1ccc([C@@H]2CCCN2C(=O)CCc2ccco2)cc1. The van der Waals surface area contributed by atoms with E-state index in [9.17, 15) is 4.79 Å². The third kappa shape index (κ3) is 3.18. The zero-order valence-corrected chi connectivity index (χ0v) is 12.4. The Morgan fingerprint density at radius 3 is 2.81 bits per heavy atom. The first-order valence-electron chi connectivity index (χ1n) is 7.62. The van der Waals surface area contributed by atoms with Gasteiger partial charge in [0.05, 0.1) is 12.3 Å². The van der Waals surface area contributed by atoms with Gasteiger partial charge in [0.1, 0.15) is 5.76 Å². The highest BCUT2D eigenvalue weighted by atomic mass is 16.3. The molecule has 0 spiro atoms. The molecule has 1 fully saturated rings. The molecule has 1 atom stereocenters. The van der Waals surface area contributed by atoms with Gasteiger partial charge in [-0.25, -0.2) is 0 Å². The van der Waals surface area contributed by atoms with Gasteiger partial charge in [0.2, 0.25) is 5.91 Å². The predicted molar refractivity (Wildman–Crippen MR) is 81.9 cm³/mol. The Kier molecular flexibility index (Phi) is 4.09. The number of benzene rings is 1. The summed E-state index contributed by atoms with van der Waals surface area (Å²) in [4.78, 5) is 14.5. The molecule has 0 radical (unpaired) electrons. The number of furan rings is 1. The Bertz CT molecular complexity index is 586. The Hall–Kier alpha value is -2.03. The van der Waals surface area contributed by atoms with Gasteiger partial charge in [-0.2, -0.15) is 0 Å². The first-order chi connectivity index (χ1) is 10.2. The van der Waals surface area contributed by atoms with E-state index in [4.69, 9.17) is 4.42 Å². The van der Waals surface area contributed by atoms with E-state index in [0.29, 0.717) is 12.8 Å². The molecule has 2 aromatic rings. The molecule has 1 saturated heterocycles. The molecule has 2 heterocycles. The van der Waals surface area contributed by atoms with E-state index >= 15 is 0 Å². The number of nitrogens with zero attached hydrogens (tertiary/aromatic N) is 1. The molecule has 1 aromatic heterocycles. The first-order valence-corrected chi connectivity index (χ1v) is 7.62. The Morgan fingerprint density at radius 1 is 1.29 bits per heavy atom. The van der Waals surface area contributed by atoms with Crippen LogP contribution in [0.2, 0.25) is 0 Å². The third-order valence-electron chi connectivity index (χ3n) is 4.20. The van der Waals surface area contributed by atoms with Crippen molar-refractivity contribution in [3.05, 3.63) is 59.5 Å². The second-order valence-corrected chi connectivity index (χ2v) is 5.74. The fourth-order valence-electron chi connectivity index (χ4n) is 3.03. The summed E-state index contributed by atoms with van der Waals surface area (Å²) < 4.78 is 5.30. The van der Waals surface area contributed by atoms with Gasteiger partial charge < -0.3 is 9.32 Å². The summed E-state index contributed by atoms with van der Waals surface area (Å²) in [6.45, 7) is 2.96. The first kappa shape index (κ1) is 13.9. The van der Waals surface area contributed by atoms with Crippen molar-refractivity contribution in [2.45, 2.75) is 38.6 Å². The summed E-state index contributed by atoms with van der Waals surface area (Å²) in [5.74, 6) is 1.11. The molecule has 1 aromatic carbocycles. The standard InChI is InChI=1S/C18H21NO2/c1-14-6-8-15(9-7-14)17-5-2-12-19(17)18(20)11-10-16-4-3-13-21-16/h3-4,6-9,13,17H,2,5,10-12H2,1H3/t17-/m0/s1. The molecule has 0 saturated carbocycles. The maximum atomic E-state index is 12.5. The second kappa shape index (κ2) is 6.17. The van der Waals surface area contributed by atoms with Gasteiger partial charge in [-0.1, -0.05) is 29.8 Å². The van der Waals surface area contributed by atoms with E-state index in [-0.39, 0.29) is 11.9 Å². The highest BCUT2D eigenvalue weighted by molar-refractivity contribution is 5.77. The van der Waals surface area contributed by atoms with Crippen LogP contribution in [-0.4, -0.2) is 17.4 Å². The van der Waals surface area contributed by atoms with Crippen molar-refractivity contribution < 1.29 is 9.21 Å². The van der Waals surface area contributed by atoms with Crippen molar-refractivity contribution >= 4 is 5.91 Å². The van der Waals surface area contributed by atoms with Crippen molar-refractivity contribution in [3.63, 3.8) is 0 Å². The number of likely N-dealkylation sites (tertiary alicyclic amines) is 1. The van der Waals surface area contributed by atoms with Gasteiger partial charge in [0.15, 0.2) is 0 Å². The highest BCUT2D eigenvalue weighted by Gasteiger charge is 2.29. The lowest BCUT2D eigenvalue weighted by molar-refractivity contribution is -0.132. The molecule has 0 unspecified atom stereocenters. The lowest BCUT2D eigenvalue weighted by Crippen LogP contribution is -2.30. The lowest BCUT2D eigenvalue weighted by Gasteiger charge is -2.25. The monoisotopic (exact) mass is 283 g/mol. The fraction of sp³-hybridized carbons (Fsp3) is 0.389. The average molecular weight is 283 g/mol. The largest absolute Gasteiger partial charge is 0.469 e. The molecular weight excluding hydrogens is 262 g/mol. The number of rotatable bonds is 4. The maximum absolute atomic E-state index is 12.5. The summed E-state index contributed by atoms with van der Waals surface area (Å²) in [6, 6.07) is 12.6. The Labute approximate surface area is 125 Å². The predicted octanol–water partition coefficient (Wildman–Crippen LogP) is 3.88. The van der Waals surface area contributed by atoms with Crippen LogP contribution < -0.4 is 0 Å². The zero-order chi connectivity index (χ0) is 14.7. The average Bonchev–Trinajstić information content (AvgIpc) is 3.17. The number of hydrogen-bond donors (Lipinski definition) is 0. The van der Waals surface area contributed by atoms with Gasteiger partial charge in [-0.3, -0.25) is 4.79 Å². The molecule has 21 heavy (non-hydrogen) atoms. The molecule has 1 aliphatic heterocycles. The van der Waals surface area contributed by atoms with E-state index in [1.165, 1.54) is 11.1 Å². The fourth-order valence-corrected chi connectivity index (χ4v) is 3.03. The molecule has 1 amide bonds. The van der Waals surface area contributed by atoms with Crippen molar-refractivity contribution in [1.82, 2.24) is 4.90 Å². The van der Waals surface area contributed by atoms with Crippen molar-refractivity contribution in [2.75, 3.05) is 6.54 Å². The van der Waals surface area contributed by atoms with Crippen molar-refractivity contribution in [3.8, 4) is 0 Å². The van der Waals surface area contributed by atoms with E-state index in [0.717, 1.165) is 25.1 Å². The van der Waals surface area contributed by atoms with E-state index in [1.54, 1.807) is 6.26 Å². The van der Waals surface area contributed by atoms with Gasteiger partial charge in [-0.05, 0) is 37.5 Å². The molecule has 0 N–H and O–H groups in total. The van der Waals surface area contributed by atoms with E-state index < -0.39 is 0 Å². The van der Waals surface area contributed by atoms with Gasteiger partial charge in [0.25, 0.3) is 0 Å². The summed E-state index contributed by atoms with van der Waals surface area (Å²) in [6.07, 6.45) is 5.02. The highest BCUT2D eigenvalue weighted by Crippen LogP contribution is 2.32. The minimum absolute atomic E-state index is 0.231. The zero-order valence-electron chi connectivity index (χ0n) is 12.4. The molecule has 3 heteroatoms. The molecule has 0 bridgehead atoms. The number of carbonyl (C=O) groups is 1. The number of aryl methyl sites for hydroxylation is 2. The summed E-state index contributed by atoms with van der Waals surface area (Å²) >= 11 is 0. The van der Waals surface area contributed by atoms with Crippen molar-refractivity contribution in [1.29, 1.82) is 0 Å². The van der Waals surface area contributed by atoms with Crippen molar-refractivity contribution in [2.24, 2.45) is 0 Å². The van der Waals surface area contributed by atoms with Crippen LogP contribution in [0.15, 0.2) is 47.1 Å². The van der Waals surface area contributed by atoms with Gasteiger partial charge in [0, 0.05) is 19.4 Å². The Balaban J connectivity index is 1.65. The maximum Gasteiger partial charge on any atom is 0.223 e. The second-order valence-electron chi connectivity index (χ2n) is 5.74. The summed E-state index contributed by atoms with van der Waals surface area (Å²) in [5.41, 5.74) is 2.51. The summed E-state index contributed by atoms with van der Waals surface area (Å²) in [7, 11) is 0. The number of amides is 1. The minimum Gasteiger partial charge on any atom is -0.469 e. The van der Waals surface area contributed by atoms with Gasteiger partial charge >= 0.3 is 0 Å². The van der Waals surface area contributed by atoms with Crippen LogP contribution in [0.1, 0.15) is 42.2 Å². The molecule has 1 aliphatic rings. The normalized spacial score (nSPS) is 18.1. The molecule has 3 rings (SSSR count). The minimum atomic E-state index is 0.231. The molecule has 3 nitrogen and oxygen atoms in total. The number of hydrogen-bond acceptors (Lipinski definition) is 2. The van der Waals surface area contributed by atoms with E-state index in [2.05, 4.69) is 31.2 Å². The Morgan fingerprint density at radius 2 is 2.10 bits per heavy atom. The van der Waals surface area contributed by atoms with Crippen LogP contribution in [0.3, 0.4) is 0 Å². The molecular formula is C18H21NO2. The lowest BCUT2D eigenvalue weighted by atomic mass is 10.0.